The van der Waals surface area contributed by atoms with Crippen molar-refractivity contribution in [2.24, 2.45) is 34.9 Å². The SMILES string of the molecule is CCc1c2c(c(CC)c3ccccc13)C1(CC)N=C3N=C(N=C4N=C(c5cc6ccccc6cc54)N(CC)C4=NC(=NC2=N1)c1cc2ccccc2cc14)c1cc2ccccc2cc13. The van der Waals surface area contributed by atoms with Gasteiger partial charge in [-0.15, -0.1) is 0 Å². The normalized spacial score (nSPS) is 18.0. The van der Waals surface area contributed by atoms with Crippen LogP contribution in [0.15, 0.2) is 168 Å². The van der Waals surface area contributed by atoms with Gasteiger partial charge in [-0.2, -0.15) is 0 Å². The average molecular weight is 827 g/mol. The van der Waals surface area contributed by atoms with Gasteiger partial charge in [-0.05, 0) is 117 Å². The van der Waals surface area contributed by atoms with Crippen molar-refractivity contribution in [2.75, 3.05) is 6.54 Å². The molecule has 8 nitrogen and oxygen atoms in total. The van der Waals surface area contributed by atoms with Crippen molar-refractivity contribution < 1.29 is 0 Å². The zero-order valence-electron chi connectivity index (χ0n) is 36.1. The summed E-state index contributed by atoms with van der Waals surface area (Å²) in [7, 11) is 0. The Morgan fingerprint density at radius 3 is 1.25 bits per heavy atom. The zero-order chi connectivity index (χ0) is 42.8. The first-order valence-corrected chi connectivity index (χ1v) is 22.6. The van der Waals surface area contributed by atoms with Crippen molar-refractivity contribution in [3.8, 4) is 0 Å². The van der Waals surface area contributed by atoms with Gasteiger partial charge in [0.1, 0.15) is 11.7 Å². The lowest BCUT2D eigenvalue weighted by molar-refractivity contribution is 0.462. The van der Waals surface area contributed by atoms with E-state index in [1.54, 1.807) is 0 Å². The van der Waals surface area contributed by atoms with Crippen LogP contribution in [0.1, 0.15) is 89.8 Å². The van der Waals surface area contributed by atoms with Crippen LogP contribution < -0.4 is 0 Å². The predicted octanol–water partition coefficient (Wildman–Crippen LogP) is 11.7. The van der Waals surface area contributed by atoms with E-state index in [2.05, 4.69) is 166 Å². The summed E-state index contributed by atoms with van der Waals surface area (Å²) >= 11 is 0. The average Bonchev–Trinajstić information content (AvgIpc) is 4.05. The third kappa shape index (κ3) is 5.13. The maximum absolute atomic E-state index is 5.80. The second-order valence-electron chi connectivity index (χ2n) is 17.2. The summed E-state index contributed by atoms with van der Waals surface area (Å²) in [6.45, 7) is 9.45. The fourth-order valence-corrected chi connectivity index (χ4v) is 10.8. The van der Waals surface area contributed by atoms with E-state index in [1.165, 1.54) is 21.9 Å². The van der Waals surface area contributed by atoms with Gasteiger partial charge in [-0.25, -0.2) is 34.9 Å². The minimum atomic E-state index is -1.02. The van der Waals surface area contributed by atoms with E-state index < -0.39 is 5.66 Å². The topological polar surface area (TPSA) is 89.8 Å². The van der Waals surface area contributed by atoms with Crippen molar-refractivity contribution in [1.82, 2.24) is 4.90 Å². The molecule has 5 aliphatic heterocycles. The molecular weight excluding hydrogens is 785 g/mol. The van der Waals surface area contributed by atoms with Crippen molar-refractivity contribution in [3.63, 3.8) is 0 Å². The molecule has 1 atom stereocenters. The molecule has 0 radical (unpaired) electrons. The van der Waals surface area contributed by atoms with E-state index in [0.29, 0.717) is 42.1 Å². The van der Waals surface area contributed by atoms with Gasteiger partial charge in [-0.1, -0.05) is 118 Å². The summed E-state index contributed by atoms with van der Waals surface area (Å²) in [6, 6.07) is 47.6. The fourth-order valence-electron chi connectivity index (χ4n) is 10.8. The van der Waals surface area contributed by atoms with Crippen LogP contribution in [-0.2, 0) is 18.5 Å². The molecule has 0 saturated heterocycles. The standard InChI is InChI=1S/C56H42N8/c1-5-37-39-23-15-16-24-40(39)38(6-2)48-47(37)53-59-51-44-28-34-20-12-14-22-36(34)30-46(44)55(61-51)64(8-4)54-45-29-35-21-13-11-19-33(35)27-43(45)50(60-54)57-49-41-25-31-17-9-10-18-32(31)26-42(41)52(58-49)62-56(48,7-3)63-53/h9-30H,5-8H2,1-4H3. The number of nitrogens with zero attached hydrogens (tertiary/aromatic N) is 8. The molecule has 5 heterocycles. The number of hydrogen-bond acceptors (Lipinski definition) is 8. The summed E-state index contributed by atoms with van der Waals surface area (Å²) in [6.07, 6.45) is 2.20. The lowest BCUT2D eigenvalue weighted by atomic mass is 9.82. The molecule has 0 spiro atoms. The van der Waals surface area contributed by atoms with Crippen molar-refractivity contribution >= 4 is 83.9 Å². The molecule has 0 saturated carbocycles. The third-order valence-electron chi connectivity index (χ3n) is 13.8. The van der Waals surface area contributed by atoms with Crippen molar-refractivity contribution in [2.45, 2.75) is 52.6 Å². The fraction of sp³-hybridized carbons (Fsp3) is 0.161. The molecule has 13 rings (SSSR count). The van der Waals surface area contributed by atoms with Crippen molar-refractivity contribution in [3.05, 3.63) is 189 Å². The molecule has 0 aliphatic carbocycles. The van der Waals surface area contributed by atoms with E-state index in [0.717, 1.165) is 101 Å². The van der Waals surface area contributed by atoms with Gasteiger partial charge >= 0.3 is 0 Å². The zero-order valence-corrected chi connectivity index (χ0v) is 36.1. The van der Waals surface area contributed by atoms with Gasteiger partial charge in [0.05, 0.1) is 0 Å². The Balaban J connectivity index is 1.18. The molecule has 8 aromatic rings. The van der Waals surface area contributed by atoms with Crippen LogP contribution in [0.2, 0.25) is 0 Å². The van der Waals surface area contributed by atoms with Gasteiger partial charge in [0, 0.05) is 51.1 Å². The van der Waals surface area contributed by atoms with Gasteiger partial charge in [0.2, 0.25) is 0 Å². The molecular formula is C56H42N8. The molecule has 0 fully saturated rings. The smallest absolute Gasteiger partial charge is 0.181 e. The molecule has 8 bridgehead atoms. The van der Waals surface area contributed by atoms with Gasteiger partial charge in [0.15, 0.2) is 34.8 Å². The lowest BCUT2D eigenvalue weighted by Crippen LogP contribution is -2.36. The monoisotopic (exact) mass is 826 g/mol. The first-order chi connectivity index (χ1) is 31.5. The second-order valence-corrected chi connectivity index (χ2v) is 17.2. The molecule has 0 N–H and O–H groups in total. The number of amidine groups is 7. The first-order valence-electron chi connectivity index (χ1n) is 22.6. The van der Waals surface area contributed by atoms with E-state index in [4.69, 9.17) is 34.9 Å². The maximum Gasteiger partial charge on any atom is 0.181 e. The highest BCUT2D eigenvalue weighted by atomic mass is 15.3. The maximum atomic E-state index is 5.80. The van der Waals surface area contributed by atoms with Crippen LogP contribution in [0.5, 0.6) is 0 Å². The van der Waals surface area contributed by atoms with Crippen LogP contribution in [0.3, 0.4) is 0 Å². The summed E-state index contributed by atoms with van der Waals surface area (Å²) in [4.78, 5) is 41.3. The Morgan fingerprint density at radius 2 is 0.781 bits per heavy atom. The molecule has 8 heteroatoms. The molecule has 1 unspecified atom stereocenters. The van der Waals surface area contributed by atoms with E-state index in [-0.39, 0.29) is 0 Å². The lowest BCUT2D eigenvalue weighted by Gasteiger charge is -2.27. The molecule has 0 aromatic heterocycles. The van der Waals surface area contributed by atoms with E-state index in [1.807, 2.05) is 0 Å². The van der Waals surface area contributed by atoms with Crippen LogP contribution in [0.25, 0.3) is 43.1 Å². The summed E-state index contributed by atoms with van der Waals surface area (Å²) in [5.41, 5.74) is 9.39. The number of aliphatic imine (C=N–C) groups is 7. The number of hydrogen-bond donors (Lipinski definition) is 0. The highest BCUT2D eigenvalue weighted by Gasteiger charge is 2.45. The van der Waals surface area contributed by atoms with Gasteiger partial charge in [-0.3, -0.25) is 0 Å². The van der Waals surface area contributed by atoms with Crippen LogP contribution in [0, 0.1) is 0 Å². The molecule has 64 heavy (non-hydrogen) atoms. The summed E-state index contributed by atoms with van der Waals surface area (Å²) in [5, 5.41) is 9.20. The molecule has 5 aliphatic rings. The Labute approximate surface area is 370 Å². The number of aryl methyl sites for hydroxylation is 2. The van der Waals surface area contributed by atoms with Gasteiger partial charge in [0.25, 0.3) is 0 Å². The number of fused-ring (bicyclic) bond motifs is 20. The molecule has 0 amide bonds. The van der Waals surface area contributed by atoms with E-state index >= 15 is 0 Å². The van der Waals surface area contributed by atoms with Crippen LogP contribution >= 0.6 is 0 Å². The molecule has 306 valence electrons. The third-order valence-corrected chi connectivity index (χ3v) is 13.8. The second kappa shape index (κ2) is 13.6. The summed E-state index contributed by atoms with van der Waals surface area (Å²) in [5.74, 6) is 4.68. The predicted molar refractivity (Wildman–Crippen MR) is 265 cm³/mol. The Bertz CT molecular complexity index is 3670. The Kier molecular flexibility index (Phi) is 7.87. The largest absolute Gasteiger partial charge is 0.310 e. The van der Waals surface area contributed by atoms with Gasteiger partial charge < -0.3 is 4.90 Å². The van der Waals surface area contributed by atoms with Crippen molar-refractivity contribution in [1.29, 1.82) is 0 Å². The van der Waals surface area contributed by atoms with E-state index in [9.17, 15) is 0 Å². The summed E-state index contributed by atoms with van der Waals surface area (Å²) < 4.78 is 0. The highest BCUT2D eigenvalue weighted by molar-refractivity contribution is 6.35. The Morgan fingerprint density at radius 1 is 0.406 bits per heavy atom. The quantitative estimate of drug-likeness (QED) is 0.174. The first kappa shape index (κ1) is 36.9. The minimum absolute atomic E-state index is 0.584. The Hall–Kier alpha value is -7.71. The van der Waals surface area contributed by atoms with Crippen LogP contribution in [0.4, 0.5) is 0 Å². The minimum Gasteiger partial charge on any atom is -0.310 e. The molecule has 8 aromatic carbocycles. The highest BCUT2D eigenvalue weighted by Crippen LogP contribution is 2.48. The number of rotatable bonds is 4. The van der Waals surface area contributed by atoms with Crippen LogP contribution in [-0.4, -0.2) is 52.3 Å². The number of benzene rings is 8.